The van der Waals surface area contributed by atoms with Gasteiger partial charge in [0.1, 0.15) is 0 Å². The molecule has 0 aromatic rings. The molecule has 2 atom stereocenters. The second-order valence-electron chi connectivity index (χ2n) is 7.08. The normalized spacial score (nSPS) is 15.2. The Labute approximate surface area is 192 Å². The molecule has 31 heavy (non-hydrogen) atoms. The fourth-order valence-electron chi connectivity index (χ4n) is 2.67. The lowest BCUT2D eigenvalue weighted by Gasteiger charge is -2.16. The molecule has 0 saturated heterocycles. The Hall–Kier alpha value is -2.15. The van der Waals surface area contributed by atoms with Crippen molar-refractivity contribution in [1.82, 2.24) is 0 Å². The molecule has 0 heterocycles. The molecule has 0 aliphatic carbocycles. The third-order valence-electron chi connectivity index (χ3n) is 4.41. The van der Waals surface area contributed by atoms with Crippen LogP contribution in [0.15, 0.2) is 72.4 Å². The standard InChI is InChI=1S/C25H37NO4S/c1-2-3-4-5-12-15-18-23(27)21(25(30)22(26)20-31)17-14-11-9-7-6-8-10-13-16-19-24(28)29/h6-11,13-14,16-17,19,22-23,27,31H,2-5,12,15,18,20,26H2,1H3,(H,28,29)/b8-6-,9-7-,13-10-,14-11-,19-16?,21-17?/t22-,23?/m0/s1. The van der Waals surface area contributed by atoms with Crippen molar-refractivity contribution in [2.24, 2.45) is 5.73 Å². The second-order valence-corrected chi connectivity index (χ2v) is 7.45. The predicted molar refractivity (Wildman–Crippen MR) is 132 cm³/mol. The number of aliphatic hydroxyl groups excluding tert-OH is 1. The summed E-state index contributed by atoms with van der Waals surface area (Å²) in [5, 5.41) is 19.0. The van der Waals surface area contributed by atoms with Crippen LogP contribution >= 0.6 is 12.6 Å². The topological polar surface area (TPSA) is 101 Å². The number of hydrogen-bond donors (Lipinski definition) is 4. The van der Waals surface area contributed by atoms with Gasteiger partial charge in [-0.1, -0.05) is 106 Å². The number of rotatable bonds is 17. The molecule has 172 valence electrons. The summed E-state index contributed by atoms with van der Waals surface area (Å²) in [4.78, 5) is 22.8. The molecule has 0 aliphatic heterocycles. The zero-order chi connectivity index (χ0) is 23.3. The van der Waals surface area contributed by atoms with Crippen LogP contribution in [0.25, 0.3) is 0 Å². The summed E-state index contributed by atoms with van der Waals surface area (Å²) >= 11 is 4.09. The molecular formula is C25H37NO4S. The van der Waals surface area contributed by atoms with E-state index in [2.05, 4.69) is 19.6 Å². The SMILES string of the molecule is CCCCCCCCC(O)C(=C\C=C/C=C\C=C/C=C\C=CC(=O)O)C(=O)[C@@H](N)CS. The molecule has 0 spiro atoms. The van der Waals surface area contributed by atoms with Crippen LogP contribution < -0.4 is 5.73 Å². The number of nitrogens with two attached hydrogens (primary N) is 1. The highest BCUT2D eigenvalue weighted by Gasteiger charge is 2.22. The molecule has 4 N–H and O–H groups in total. The lowest BCUT2D eigenvalue weighted by molar-refractivity contribution is -0.131. The molecule has 1 unspecified atom stereocenters. The van der Waals surface area contributed by atoms with Gasteiger partial charge in [0.15, 0.2) is 5.78 Å². The van der Waals surface area contributed by atoms with Gasteiger partial charge in [-0.25, -0.2) is 4.79 Å². The number of carbonyl (C=O) groups excluding carboxylic acids is 1. The zero-order valence-electron chi connectivity index (χ0n) is 18.4. The Morgan fingerprint density at radius 1 is 0.871 bits per heavy atom. The molecule has 0 aromatic heterocycles. The van der Waals surface area contributed by atoms with Crippen LogP contribution in [0, 0.1) is 0 Å². The first-order chi connectivity index (χ1) is 14.9. The van der Waals surface area contributed by atoms with Gasteiger partial charge < -0.3 is 15.9 Å². The maximum atomic E-state index is 12.5. The van der Waals surface area contributed by atoms with Crippen LogP contribution in [-0.2, 0) is 9.59 Å². The van der Waals surface area contributed by atoms with E-state index in [4.69, 9.17) is 10.8 Å². The largest absolute Gasteiger partial charge is 0.478 e. The summed E-state index contributed by atoms with van der Waals surface area (Å²) < 4.78 is 0. The molecular weight excluding hydrogens is 410 g/mol. The first-order valence-electron chi connectivity index (χ1n) is 10.8. The number of allylic oxidation sites excluding steroid dienone is 10. The Balaban J connectivity index is 4.78. The molecule has 0 rings (SSSR count). The Kier molecular flexibility index (Phi) is 18.4. The van der Waals surface area contributed by atoms with Crippen molar-refractivity contribution in [3.8, 4) is 0 Å². The van der Waals surface area contributed by atoms with Crippen molar-refractivity contribution in [3.63, 3.8) is 0 Å². The van der Waals surface area contributed by atoms with Crippen molar-refractivity contribution in [2.75, 3.05) is 5.75 Å². The quantitative estimate of drug-likeness (QED) is 0.112. The first-order valence-corrected chi connectivity index (χ1v) is 11.4. The highest BCUT2D eigenvalue weighted by atomic mass is 32.1. The smallest absolute Gasteiger partial charge is 0.328 e. The minimum absolute atomic E-state index is 0.226. The van der Waals surface area contributed by atoms with Crippen LogP contribution in [0.5, 0.6) is 0 Å². The van der Waals surface area contributed by atoms with E-state index in [0.717, 1.165) is 25.3 Å². The number of carboxylic acid groups (broad SMARTS) is 1. The third-order valence-corrected chi connectivity index (χ3v) is 4.80. The van der Waals surface area contributed by atoms with Crippen molar-refractivity contribution < 1.29 is 19.8 Å². The van der Waals surface area contributed by atoms with Crippen molar-refractivity contribution in [2.45, 2.75) is 64.0 Å². The summed E-state index contributed by atoms with van der Waals surface area (Å²) in [7, 11) is 0. The van der Waals surface area contributed by atoms with Crippen LogP contribution in [0.1, 0.15) is 51.9 Å². The lowest BCUT2D eigenvalue weighted by atomic mass is 9.95. The van der Waals surface area contributed by atoms with Gasteiger partial charge in [0.25, 0.3) is 0 Å². The number of carboxylic acids is 1. The second kappa shape index (κ2) is 19.8. The van der Waals surface area contributed by atoms with Gasteiger partial charge in [-0.15, -0.1) is 0 Å². The van der Waals surface area contributed by atoms with Crippen molar-refractivity contribution in [1.29, 1.82) is 0 Å². The lowest BCUT2D eigenvalue weighted by Crippen LogP contribution is -2.36. The third kappa shape index (κ3) is 16.2. The van der Waals surface area contributed by atoms with E-state index in [9.17, 15) is 14.7 Å². The van der Waals surface area contributed by atoms with E-state index in [1.165, 1.54) is 25.3 Å². The van der Waals surface area contributed by atoms with Crippen LogP contribution in [0.4, 0.5) is 0 Å². The van der Waals surface area contributed by atoms with E-state index in [-0.39, 0.29) is 11.5 Å². The van der Waals surface area contributed by atoms with Gasteiger partial charge >= 0.3 is 5.97 Å². The van der Waals surface area contributed by atoms with E-state index >= 15 is 0 Å². The van der Waals surface area contributed by atoms with Crippen molar-refractivity contribution in [3.05, 3.63) is 72.4 Å². The Morgan fingerprint density at radius 2 is 1.39 bits per heavy atom. The molecule has 0 saturated carbocycles. The number of thiol groups is 1. The molecule has 0 amide bonds. The average molecular weight is 448 g/mol. The summed E-state index contributed by atoms with van der Waals surface area (Å²) in [6, 6.07) is -0.734. The van der Waals surface area contributed by atoms with Crippen LogP contribution in [-0.4, -0.2) is 39.9 Å². The van der Waals surface area contributed by atoms with Crippen molar-refractivity contribution >= 4 is 24.4 Å². The monoisotopic (exact) mass is 447 g/mol. The summed E-state index contributed by atoms with van der Waals surface area (Å²) in [5.74, 6) is -1.04. The van der Waals surface area contributed by atoms with E-state index in [0.29, 0.717) is 12.0 Å². The highest BCUT2D eigenvalue weighted by molar-refractivity contribution is 7.80. The van der Waals surface area contributed by atoms with Gasteiger partial charge in [-0.3, -0.25) is 4.79 Å². The number of unbranched alkanes of at least 4 members (excludes halogenated alkanes) is 5. The molecule has 0 bridgehead atoms. The fraction of sp³-hybridized carbons (Fsp3) is 0.440. The van der Waals surface area contributed by atoms with Gasteiger partial charge in [-0.05, 0) is 6.42 Å². The summed E-state index contributed by atoms with van der Waals surface area (Å²) in [6.45, 7) is 2.18. The molecule has 0 aliphatic rings. The van der Waals surface area contributed by atoms with Crippen LogP contribution in [0.2, 0.25) is 0 Å². The number of aliphatic hydroxyl groups is 1. The van der Waals surface area contributed by atoms with E-state index < -0.39 is 18.1 Å². The minimum atomic E-state index is -0.989. The number of hydrogen-bond acceptors (Lipinski definition) is 5. The number of aliphatic carboxylic acids is 1. The Morgan fingerprint density at radius 3 is 1.94 bits per heavy atom. The average Bonchev–Trinajstić information content (AvgIpc) is 2.75. The maximum Gasteiger partial charge on any atom is 0.328 e. The number of Topliss-reactive ketones (excluding diaryl/α,β-unsaturated/α-hetero) is 1. The summed E-state index contributed by atoms with van der Waals surface area (Å²) in [6.07, 6.45) is 24.4. The van der Waals surface area contributed by atoms with E-state index in [1.807, 2.05) is 0 Å². The Bertz CT molecular complexity index is 690. The van der Waals surface area contributed by atoms with Gasteiger partial charge in [-0.2, -0.15) is 12.6 Å². The van der Waals surface area contributed by atoms with Crippen LogP contribution in [0.3, 0.4) is 0 Å². The molecule has 6 heteroatoms. The van der Waals surface area contributed by atoms with Gasteiger partial charge in [0, 0.05) is 17.4 Å². The first kappa shape index (κ1) is 28.9. The maximum absolute atomic E-state index is 12.5. The molecule has 0 aromatic carbocycles. The van der Waals surface area contributed by atoms with E-state index in [1.54, 1.807) is 54.7 Å². The minimum Gasteiger partial charge on any atom is -0.478 e. The number of carbonyl (C=O) groups is 2. The molecule has 0 radical (unpaired) electrons. The zero-order valence-corrected chi connectivity index (χ0v) is 19.3. The summed E-state index contributed by atoms with van der Waals surface area (Å²) in [5.41, 5.74) is 6.16. The molecule has 0 fully saturated rings. The fourth-order valence-corrected chi connectivity index (χ4v) is 2.84. The van der Waals surface area contributed by atoms with Gasteiger partial charge in [0.2, 0.25) is 0 Å². The van der Waals surface area contributed by atoms with Gasteiger partial charge in [0.05, 0.1) is 12.1 Å². The number of ketones is 1. The molecule has 5 nitrogen and oxygen atoms in total. The predicted octanol–water partition coefficient (Wildman–Crippen LogP) is 4.72. The highest BCUT2D eigenvalue weighted by Crippen LogP contribution is 2.16.